The molecule has 3 N–H and O–H groups in total. The molecule has 1 saturated heterocycles. The van der Waals surface area contributed by atoms with Gasteiger partial charge in [-0.3, -0.25) is 0 Å². The largest absolute Gasteiger partial charge is 0.618 e. The number of aliphatic hydroxyl groups excluding tert-OH is 1. The number of carbonyl (C=O) groups is 2. The van der Waals surface area contributed by atoms with Crippen molar-refractivity contribution < 1.29 is 33.6 Å². The van der Waals surface area contributed by atoms with Crippen molar-refractivity contribution in [2.45, 2.75) is 49.5 Å². The zero-order valence-electron chi connectivity index (χ0n) is 25.6. The molecule has 2 heterocycles. The molecule has 10 nitrogen and oxygen atoms in total. The molecule has 0 spiro atoms. The van der Waals surface area contributed by atoms with Gasteiger partial charge < -0.3 is 35.2 Å². The van der Waals surface area contributed by atoms with Crippen molar-refractivity contribution in [3.63, 3.8) is 0 Å². The fourth-order valence-electron chi connectivity index (χ4n) is 5.28. The molecular formula is C35H37N3O7S. The third-order valence-electron chi connectivity index (χ3n) is 7.80. The van der Waals surface area contributed by atoms with Crippen LogP contribution in [0, 0.1) is 11.1 Å². The summed E-state index contributed by atoms with van der Waals surface area (Å²) in [5, 5.41) is 27.9. The van der Waals surface area contributed by atoms with E-state index in [1.54, 1.807) is 30.3 Å². The Hall–Kier alpha value is -4.42. The fourth-order valence-corrected chi connectivity index (χ4v) is 6.36. The van der Waals surface area contributed by atoms with E-state index in [1.165, 1.54) is 25.1 Å². The smallest absolute Gasteiger partial charge is 0.328 e. The third kappa shape index (κ3) is 8.43. The first kappa shape index (κ1) is 33.0. The molecule has 1 aromatic heterocycles. The van der Waals surface area contributed by atoms with Crippen LogP contribution in [0.15, 0.2) is 108 Å². The first-order valence-corrected chi connectivity index (χ1v) is 15.9. The van der Waals surface area contributed by atoms with Crippen molar-refractivity contribution in [2.75, 3.05) is 18.2 Å². The number of aliphatic hydroxyl groups is 1. The van der Waals surface area contributed by atoms with Gasteiger partial charge in [-0.05, 0) is 34.9 Å². The molecule has 0 aliphatic carbocycles. The molecule has 5 unspecified atom stereocenters. The van der Waals surface area contributed by atoms with E-state index >= 15 is 0 Å². The number of ether oxygens (including phenoxy) is 3. The maximum absolute atomic E-state index is 13.0. The number of benzene rings is 3. The number of hydrogen-bond acceptors (Lipinski definition) is 8. The van der Waals surface area contributed by atoms with Crippen molar-refractivity contribution in [3.8, 4) is 0 Å². The molecule has 1 aliphatic heterocycles. The van der Waals surface area contributed by atoms with E-state index in [2.05, 4.69) is 17.6 Å². The molecule has 3 aromatic carbocycles. The summed E-state index contributed by atoms with van der Waals surface area (Å²) in [6.45, 7) is 2.00. The summed E-state index contributed by atoms with van der Waals surface area (Å²) in [5.74, 6) is -0.111. The minimum Gasteiger partial charge on any atom is -0.618 e. The van der Waals surface area contributed by atoms with Gasteiger partial charge in [-0.1, -0.05) is 85.4 Å². The van der Waals surface area contributed by atoms with Gasteiger partial charge >= 0.3 is 12.0 Å². The van der Waals surface area contributed by atoms with Crippen LogP contribution in [-0.4, -0.2) is 42.1 Å². The minimum atomic E-state index is -0.879. The number of rotatable bonds is 11. The Morgan fingerprint density at radius 2 is 1.72 bits per heavy atom. The zero-order chi connectivity index (χ0) is 32.5. The van der Waals surface area contributed by atoms with Crippen molar-refractivity contribution in [1.82, 2.24) is 5.32 Å². The summed E-state index contributed by atoms with van der Waals surface area (Å²) in [7, 11) is 1.28. The first-order valence-electron chi connectivity index (χ1n) is 15.0. The number of carbonyl (C=O) groups excluding carboxylic acids is 2. The van der Waals surface area contributed by atoms with Crippen molar-refractivity contribution in [1.29, 1.82) is 0 Å². The van der Waals surface area contributed by atoms with Crippen molar-refractivity contribution in [2.24, 2.45) is 5.92 Å². The number of methoxy groups -OCH3 is 1. The number of esters is 1. The molecule has 0 bridgehead atoms. The number of nitrogens with zero attached hydrogens (tertiary/aromatic N) is 1. The number of amides is 2. The average molecular weight is 644 g/mol. The lowest BCUT2D eigenvalue weighted by atomic mass is 9.91. The standard InChI is InChI=1S/C35H37N3O7S/c1-23-30(22-46-31-13-6-7-18-38(31)42)44-34(45-32(23)26-16-14-25(21-39)15-17-26)27-11-8-12-28(20-27)36-35(41)37-29(33(40)43-2)19-24-9-4-3-5-10-24/h3-18,20,23,29-30,32,34,39H,19,21-22H2,1-2H3,(H2,36,37,41). The van der Waals surface area contributed by atoms with E-state index in [9.17, 15) is 19.9 Å². The predicted molar refractivity (Wildman–Crippen MR) is 174 cm³/mol. The highest BCUT2D eigenvalue weighted by molar-refractivity contribution is 7.99. The molecule has 5 atom stereocenters. The Kier molecular flexibility index (Phi) is 11.3. The predicted octanol–water partition coefficient (Wildman–Crippen LogP) is 5.30. The van der Waals surface area contributed by atoms with Crippen LogP contribution in [0.5, 0.6) is 0 Å². The average Bonchev–Trinajstić information content (AvgIpc) is 3.08. The highest BCUT2D eigenvalue weighted by atomic mass is 32.2. The van der Waals surface area contributed by atoms with Crippen LogP contribution < -0.4 is 15.4 Å². The van der Waals surface area contributed by atoms with Crippen LogP contribution in [0.25, 0.3) is 0 Å². The molecule has 5 rings (SSSR count). The van der Waals surface area contributed by atoms with Gasteiger partial charge in [-0.25, -0.2) is 9.59 Å². The lowest BCUT2D eigenvalue weighted by Crippen LogP contribution is -2.45. The van der Waals surface area contributed by atoms with Crippen LogP contribution in [-0.2, 0) is 32.0 Å². The van der Waals surface area contributed by atoms with E-state index in [0.717, 1.165) is 21.4 Å². The fraction of sp³-hybridized carbons (Fsp3) is 0.286. The molecule has 0 saturated carbocycles. The van der Waals surface area contributed by atoms with Gasteiger partial charge in [0.1, 0.15) is 6.04 Å². The van der Waals surface area contributed by atoms with E-state index in [0.29, 0.717) is 22.0 Å². The monoisotopic (exact) mass is 643 g/mol. The summed E-state index contributed by atoms with van der Waals surface area (Å²) in [5.41, 5.74) is 3.78. The lowest BCUT2D eigenvalue weighted by molar-refractivity contribution is -0.645. The van der Waals surface area contributed by atoms with Gasteiger partial charge in [0.25, 0.3) is 5.03 Å². The molecule has 1 aliphatic rings. The molecule has 11 heteroatoms. The molecule has 240 valence electrons. The number of pyridine rings is 1. The quantitative estimate of drug-likeness (QED) is 0.0868. The Labute approximate surface area is 272 Å². The topological polar surface area (TPSA) is 133 Å². The normalized spacial score (nSPS) is 20.0. The number of nitrogens with one attached hydrogen (secondary N) is 2. The van der Waals surface area contributed by atoms with Gasteiger partial charge in [-0.2, -0.15) is 4.73 Å². The van der Waals surface area contributed by atoms with Crippen molar-refractivity contribution in [3.05, 3.63) is 131 Å². The Bertz CT molecular complexity index is 1610. The summed E-state index contributed by atoms with van der Waals surface area (Å²) >= 11 is 1.41. The minimum absolute atomic E-state index is 0.0569. The number of anilines is 1. The van der Waals surface area contributed by atoms with Crippen LogP contribution in [0.4, 0.5) is 10.5 Å². The number of urea groups is 1. The molecule has 46 heavy (non-hydrogen) atoms. The summed E-state index contributed by atoms with van der Waals surface area (Å²) < 4.78 is 18.8. The van der Waals surface area contributed by atoms with E-state index in [-0.39, 0.29) is 31.2 Å². The second kappa shape index (κ2) is 15.7. The van der Waals surface area contributed by atoms with E-state index in [1.807, 2.05) is 66.7 Å². The molecule has 1 fully saturated rings. The van der Waals surface area contributed by atoms with Gasteiger partial charge in [0.15, 0.2) is 12.5 Å². The van der Waals surface area contributed by atoms with Gasteiger partial charge in [0.05, 0.1) is 25.9 Å². The SMILES string of the molecule is COC(=O)C(Cc1ccccc1)NC(=O)Nc1cccc(C2OC(CSc3cccc[n+]3[O-])C(C)C(c3ccc(CO)cc3)O2)c1. The first-order chi connectivity index (χ1) is 22.3. The van der Waals surface area contributed by atoms with Crippen LogP contribution in [0.2, 0.25) is 0 Å². The lowest BCUT2D eigenvalue weighted by Gasteiger charge is -2.41. The van der Waals surface area contributed by atoms with E-state index < -0.39 is 24.3 Å². The second-order valence-corrected chi connectivity index (χ2v) is 12.0. The van der Waals surface area contributed by atoms with Gasteiger partial charge in [0.2, 0.25) is 0 Å². The third-order valence-corrected chi connectivity index (χ3v) is 8.90. The summed E-state index contributed by atoms with van der Waals surface area (Å²) in [4.78, 5) is 25.4. The van der Waals surface area contributed by atoms with Crippen molar-refractivity contribution >= 4 is 29.4 Å². The van der Waals surface area contributed by atoms with Crippen LogP contribution in [0.1, 0.15) is 41.6 Å². The maximum atomic E-state index is 13.0. The van der Waals surface area contributed by atoms with Gasteiger partial charge in [0, 0.05) is 41.5 Å². The Balaban J connectivity index is 1.33. The van der Waals surface area contributed by atoms with Gasteiger partial charge in [-0.15, -0.1) is 0 Å². The highest BCUT2D eigenvalue weighted by Crippen LogP contribution is 2.43. The maximum Gasteiger partial charge on any atom is 0.328 e. The Morgan fingerprint density at radius 3 is 2.43 bits per heavy atom. The second-order valence-electron chi connectivity index (χ2n) is 11.0. The highest BCUT2D eigenvalue weighted by Gasteiger charge is 2.39. The Morgan fingerprint density at radius 1 is 0.957 bits per heavy atom. The number of thioether (sulfide) groups is 1. The van der Waals surface area contributed by atoms with Crippen LogP contribution in [0.3, 0.4) is 0 Å². The number of hydrogen-bond donors (Lipinski definition) is 3. The molecule has 0 radical (unpaired) electrons. The van der Waals surface area contributed by atoms with Crippen LogP contribution >= 0.6 is 11.8 Å². The summed E-state index contributed by atoms with van der Waals surface area (Å²) in [6, 6.07) is 28.0. The molecule has 2 amide bonds. The number of aromatic nitrogens is 1. The van der Waals surface area contributed by atoms with E-state index in [4.69, 9.17) is 14.2 Å². The molecular weight excluding hydrogens is 606 g/mol. The zero-order valence-corrected chi connectivity index (χ0v) is 26.4. The summed E-state index contributed by atoms with van der Waals surface area (Å²) in [6.07, 6.45) is 0.341. The molecule has 4 aromatic rings.